The number of fused-ring (bicyclic) bond motifs is 1. The second-order valence-corrected chi connectivity index (χ2v) is 8.48. The molecule has 1 aromatic rings. The van der Waals surface area contributed by atoms with Gasteiger partial charge in [0.05, 0.1) is 18.4 Å². The molecule has 2 aliphatic carbocycles. The van der Waals surface area contributed by atoms with Crippen LogP contribution < -0.4 is 4.74 Å². The lowest BCUT2D eigenvalue weighted by molar-refractivity contribution is -0.144. The Morgan fingerprint density at radius 3 is 2.15 bits per heavy atom. The number of carbonyl (C=O) groups is 3. The van der Waals surface area contributed by atoms with Crippen LogP contribution in [0, 0.1) is 0 Å². The van der Waals surface area contributed by atoms with Crippen LogP contribution in [0.15, 0.2) is 96.2 Å². The number of ether oxygens (including phenoxy) is 3. The van der Waals surface area contributed by atoms with Crippen LogP contribution in [0.25, 0.3) is 0 Å². The molecule has 0 saturated heterocycles. The van der Waals surface area contributed by atoms with Crippen LogP contribution in [0.1, 0.15) is 30.1 Å². The smallest absolute Gasteiger partial charge is 0.338 e. The Morgan fingerprint density at radius 1 is 0.912 bits per heavy atom. The fraction of sp³-hybridized carbons (Fsp3) is 0.222. The Balaban J connectivity index is 1.47. The van der Waals surface area contributed by atoms with Crippen molar-refractivity contribution in [2.45, 2.75) is 31.1 Å². The fourth-order valence-corrected chi connectivity index (χ4v) is 3.18. The first-order valence-corrected chi connectivity index (χ1v) is 11.4. The Labute approximate surface area is 204 Å². The van der Waals surface area contributed by atoms with E-state index < -0.39 is 24.0 Å². The Kier molecular flexibility index (Phi) is 9.29. The van der Waals surface area contributed by atoms with Gasteiger partial charge in [-0.1, -0.05) is 73.8 Å². The van der Waals surface area contributed by atoms with Crippen LogP contribution in [0.5, 0.6) is 5.75 Å². The lowest BCUT2D eigenvalue weighted by Crippen LogP contribution is -2.14. The highest BCUT2D eigenvalue weighted by atomic mass is 32.1. The first-order valence-electron chi connectivity index (χ1n) is 10.9. The lowest BCUT2D eigenvalue weighted by Gasteiger charge is -2.08. The molecule has 0 radical (unpaired) electrons. The van der Waals surface area contributed by atoms with E-state index in [4.69, 9.17) is 14.2 Å². The highest BCUT2D eigenvalue weighted by Crippen LogP contribution is 2.41. The van der Waals surface area contributed by atoms with Crippen molar-refractivity contribution >= 4 is 30.5 Å². The molecule has 1 atom stereocenters. The maximum Gasteiger partial charge on any atom is 0.338 e. The molecule has 176 valence electrons. The highest BCUT2D eigenvalue weighted by molar-refractivity contribution is 7.80. The van der Waals surface area contributed by atoms with E-state index in [1.807, 2.05) is 60.8 Å². The van der Waals surface area contributed by atoms with Crippen molar-refractivity contribution in [3.63, 3.8) is 0 Å². The summed E-state index contributed by atoms with van der Waals surface area (Å²) in [5, 5.41) is -0.133. The first-order chi connectivity index (χ1) is 16.4. The van der Waals surface area contributed by atoms with Gasteiger partial charge in [-0.15, -0.1) is 0 Å². The predicted molar refractivity (Wildman–Crippen MR) is 133 cm³/mol. The number of esters is 3. The molecule has 1 fully saturated rings. The summed E-state index contributed by atoms with van der Waals surface area (Å²) in [4.78, 5) is 36.3. The standard InChI is InChI=1S/C27H26O6S/c1-19(34)17-25(29)32-21-12-10-11-20(18-21)27(30)31-16-15-24(28)33-26-22-13-8-6-4-2-3-5-7-9-14-23(22)26/h2-14,18-19,26,34H,15-17H2,1H3/b3-2?,4-2-,5-3-,6-4?,7-5?,8-6-,9-7-,13-8?,14-9?,22-13?,23-14?. The van der Waals surface area contributed by atoms with E-state index in [9.17, 15) is 14.4 Å². The van der Waals surface area contributed by atoms with Gasteiger partial charge in [-0.25, -0.2) is 4.79 Å². The van der Waals surface area contributed by atoms with E-state index in [1.54, 1.807) is 25.1 Å². The van der Waals surface area contributed by atoms with Gasteiger partial charge >= 0.3 is 17.9 Å². The van der Waals surface area contributed by atoms with E-state index in [1.165, 1.54) is 6.07 Å². The van der Waals surface area contributed by atoms with Gasteiger partial charge in [0.25, 0.3) is 0 Å². The summed E-state index contributed by atoms with van der Waals surface area (Å²) in [5.41, 5.74) is 2.08. The zero-order valence-corrected chi connectivity index (χ0v) is 19.7. The van der Waals surface area contributed by atoms with Crippen molar-refractivity contribution in [2.24, 2.45) is 0 Å². The summed E-state index contributed by atoms with van der Waals surface area (Å²) in [6.07, 6.45) is 18.7. The zero-order valence-electron chi connectivity index (χ0n) is 18.8. The van der Waals surface area contributed by atoms with Crippen molar-refractivity contribution in [3.05, 3.63) is 102 Å². The fourth-order valence-electron chi connectivity index (χ4n) is 3.03. The third-order valence-electron chi connectivity index (χ3n) is 4.70. The van der Waals surface area contributed by atoms with Crippen molar-refractivity contribution in [3.8, 4) is 5.75 Å². The Morgan fingerprint density at radius 2 is 1.53 bits per heavy atom. The molecule has 0 amide bonds. The maximum atomic E-state index is 12.3. The largest absolute Gasteiger partial charge is 0.461 e. The van der Waals surface area contributed by atoms with E-state index in [0.29, 0.717) is 0 Å². The van der Waals surface area contributed by atoms with Gasteiger partial charge < -0.3 is 14.2 Å². The van der Waals surface area contributed by atoms with Crippen LogP contribution >= 0.6 is 12.6 Å². The van der Waals surface area contributed by atoms with Gasteiger partial charge in [-0.3, -0.25) is 9.59 Å². The summed E-state index contributed by atoms with van der Waals surface area (Å²) in [6.45, 7) is 1.66. The van der Waals surface area contributed by atoms with Gasteiger partial charge in [0, 0.05) is 16.4 Å². The Bertz CT molecular complexity index is 1070. The summed E-state index contributed by atoms with van der Waals surface area (Å²) in [7, 11) is 0. The molecule has 7 heteroatoms. The molecule has 0 spiro atoms. The average Bonchev–Trinajstić information content (AvgIpc) is 3.42. The van der Waals surface area contributed by atoms with Crippen molar-refractivity contribution in [1.82, 2.24) is 0 Å². The molecule has 0 N–H and O–H groups in total. The topological polar surface area (TPSA) is 78.9 Å². The highest BCUT2D eigenvalue weighted by Gasteiger charge is 2.40. The van der Waals surface area contributed by atoms with Gasteiger partial charge in [-0.2, -0.15) is 12.6 Å². The lowest BCUT2D eigenvalue weighted by atomic mass is 10.2. The molecular formula is C27H26O6S. The number of hydrogen-bond donors (Lipinski definition) is 1. The molecule has 0 aliphatic heterocycles. The number of thiol groups is 1. The molecule has 0 bridgehead atoms. The van der Waals surface area contributed by atoms with Crippen molar-refractivity contribution in [2.75, 3.05) is 6.61 Å². The summed E-state index contributed by atoms with van der Waals surface area (Å²) < 4.78 is 15.9. The molecule has 6 nitrogen and oxygen atoms in total. The second-order valence-electron chi connectivity index (χ2n) is 7.59. The SMILES string of the molecule is CC(S)CC(=O)Oc1cccc(C(=O)OCCC(=O)OC2C3=C\C=C/C=C\C=C/C=C\C=C32)c1. The predicted octanol–water partition coefficient (Wildman–Crippen LogP) is 4.86. The molecule has 1 aromatic carbocycles. The minimum atomic E-state index is -0.622. The van der Waals surface area contributed by atoms with Crippen LogP contribution in [0.3, 0.4) is 0 Å². The molecular weight excluding hydrogens is 452 g/mol. The zero-order chi connectivity index (χ0) is 24.3. The molecule has 3 rings (SSSR count). The molecule has 0 aromatic heterocycles. The van der Waals surface area contributed by atoms with Crippen LogP contribution in [0.4, 0.5) is 0 Å². The molecule has 0 heterocycles. The van der Waals surface area contributed by atoms with Crippen LogP contribution in [-0.4, -0.2) is 35.9 Å². The number of allylic oxidation sites excluding steroid dienone is 10. The number of carbonyl (C=O) groups excluding carboxylic acids is 3. The summed E-state index contributed by atoms with van der Waals surface area (Å²) in [6, 6.07) is 6.12. The van der Waals surface area contributed by atoms with E-state index in [-0.39, 0.29) is 36.0 Å². The monoisotopic (exact) mass is 478 g/mol. The maximum absolute atomic E-state index is 12.3. The number of hydrogen-bond acceptors (Lipinski definition) is 7. The third-order valence-corrected chi connectivity index (χ3v) is 4.88. The number of benzene rings is 1. The normalized spacial score (nSPS) is 21.1. The van der Waals surface area contributed by atoms with E-state index >= 15 is 0 Å². The molecule has 1 unspecified atom stereocenters. The van der Waals surface area contributed by atoms with Gasteiger partial charge in [0.2, 0.25) is 0 Å². The second kappa shape index (κ2) is 12.6. The molecule has 34 heavy (non-hydrogen) atoms. The summed E-state index contributed by atoms with van der Waals surface area (Å²) >= 11 is 4.16. The van der Waals surface area contributed by atoms with Crippen molar-refractivity contribution in [1.29, 1.82) is 0 Å². The van der Waals surface area contributed by atoms with Gasteiger partial charge in [0.1, 0.15) is 12.4 Å². The van der Waals surface area contributed by atoms with Crippen molar-refractivity contribution < 1.29 is 28.6 Å². The molecule has 2 aliphatic rings. The van der Waals surface area contributed by atoms with Gasteiger partial charge in [0.15, 0.2) is 6.10 Å². The molecule has 1 saturated carbocycles. The minimum Gasteiger partial charge on any atom is -0.461 e. The number of rotatable bonds is 8. The van der Waals surface area contributed by atoms with E-state index in [2.05, 4.69) is 12.6 Å². The van der Waals surface area contributed by atoms with Crippen LogP contribution in [-0.2, 0) is 19.1 Å². The third kappa shape index (κ3) is 8.08. The Hall–Kier alpha value is -3.58. The van der Waals surface area contributed by atoms with Gasteiger partial charge in [-0.05, 0) is 18.2 Å². The average molecular weight is 479 g/mol. The summed E-state index contributed by atoms with van der Waals surface area (Å²) in [5.74, 6) is -1.29. The quantitative estimate of drug-likeness (QED) is 0.327. The minimum absolute atomic E-state index is 0.0749. The van der Waals surface area contributed by atoms with Crippen LogP contribution in [0.2, 0.25) is 0 Å². The van der Waals surface area contributed by atoms with E-state index in [0.717, 1.165) is 11.1 Å². The first kappa shape index (κ1) is 25.1.